The van der Waals surface area contributed by atoms with Crippen LogP contribution in [0.5, 0.6) is 0 Å². The largest absolute Gasteiger partial charge is 0.481 e. The molecule has 7 nitrogen and oxygen atoms in total. The van der Waals surface area contributed by atoms with E-state index >= 15 is 0 Å². The molecule has 0 aliphatic carbocycles. The van der Waals surface area contributed by atoms with Crippen molar-refractivity contribution in [2.75, 3.05) is 39.9 Å². The van der Waals surface area contributed by atoms with Gasteiger partial charge in [-0.15, -0.1) is 0 Å². The number of carbonyl (C=O) groups is 1. The third-order valence-electron chi connectivity index (χ3n) is 4.31. The van der Waals surface area contributed by atoms with E-state index in [1.54, 1.807) is 7.05 Å². The second-order valence-electron chi connectivity index (χ2n) is 5.88. The van der Waals surface area contributed by atoms with Gasteiger partial charge in [0, 0.05) is 39.9 Å². The summed E-state index contributed by atoms with van der Waals surface area (Å²) in [5, 5.41) is 9.07. The van der Waals surface area contributed by atoms with Crippen LogP contribution in [0.25, 0.3) is 0 Å². The zero-order valence-electron chi connectivity index (χ0n) is 12.4. The van der Waals surface area contributed by atoms with Gasteiger partial charge in [0.05, 0.1) is 5.92 Å². The molecule has 0 saturated carbocycles. The molecule has 1 N–H and O–H groups in total. The molecule has 0 aromatic carbocycles. The molecule has 0 amide bonds. The zero-order valence-corrected chi connectivity index (χ0v) is 13.2. The van der Waals surface area contributed by atoms with E-state index in [0.29, 0.717) is 45.1 Å². The summed E-state index contributed by atoms with van der Waals surface area (Å²) in [5.41, 5.74) is 0. The molecule has 8 heteroatoms. The average molecular weight is 320 g/mol. The zero-order chi connectivity index (χ0) is 15.5. The summed E-state index contributed by atoms with van der Waals surface area (Å²) in [6, 6.07) is 0. The van der Waals surface area contributed by atoms with Crippen molar-refractivity contribution < 1.29 is 23.1 Å². The molecular formula is C13H24N2O5S. The maximum Gasteiger partial charge on any atom is 0.307 e. The summed E-state index contributed by atoms with van der Waals surface area (Å²) >= 11 is 0. The summed E-state index contributed by atoms with van der Waals surface area (Å²) in [6.07, 6.45) is 2.89. The van der Waals surface area contributed by atoms with Gasteiger partial charge >= 0.3 is 5.97 Å². The lowest BCUT2D eigenvalue weighted by atomic mass is 10.0. The van der Waals surface area contributed by atoms with Crippen LogP contribution in [0.2, 0.25) is 0 Å². The van der Waals surface area contributed by atoms with Crippen LogP contribution in [0.15, 0.2) is 0 Å². The first-order chi connectivity index (χ1) is 9.91. The summed E-state index contributed by atoms with van der Waals surface area (Å²) in [7, 11) is -1.99. The number of carboxylic acid groups (broad SMARTS) is 1. The van der Waals surface area contributed by atoms with E-state index in [9.17, 15) is 13.2 Å². The average Bonchev–Trinajstić information content (AvgIpc) is 2.48. The molecular weight excluding hydrogens is 296 g/mol. The molecule has 2 aliphatic rings. The van der Waals surface area contributed by atoms with Crippen LogP contribution in [-0.2, 0) is 19.7 Å². The number of hydrogen-bond acceptors (Lipinski definition) is 4. The predicted molar refractivity (Wildman–Crippen MR) is 77.0 cm³/mol. The molecule has 2 heterocycles. The Labute approximate surface area is 126 Å². The minimum absolute atomic E-state index is 0.0792. The van der Waals surface area contributed by atoms with E-state index in [1.165, 1.54) is 8.61 Å². The van der Waals surface area contributed by atoms with Crippen molar-refractivity contribution >= 4 is 16.2 Å². The number of ether oxygens (including phenoxy) is 1. The Balaban J connectivity index is 1.97. The molecule has 2 aliphatic heterocycles. The third kappa shape index (κ3) is 4.15. The smallest absolute Gasteiger partial charge is 0.307 e. The number of carboxylic acids is 1. The molecule has 122 valence electrons. The van der Waals surface area contributed by atoms with Gasteiger partial charge in [-0.1, -0.05) is 0 Å². The maximum atomic E-state index is 12.6. The van der Waals surface area contributed by atoms with E-state index in [-0.39, 0.29) is 6.54 Å². The van der Waals surface area contributed by atoms with Crippen molar-refractivity contribution in [1.29, 1.82) is 0 Å². The van der Waals surface area contributed by atoms with E-state index in [4.69, 9.17) is 9.84 Å². The molecule has 0 aromatic rings. The van der Waals surface area contributed by atoms with Gasteiger partial charge in [-0.25, -0.2) is 0 Å². The first kappa shape index (κ1) is 16.7. The Morgan fingerprint density at radius 3 is 2.62 bits per heavy atom. The van der Waals surface area contributed by atoms with E-state index in [2.05, 4.69) is 0 Å². The monoisotopic (exact) mass is 320 g/mol. The van der Waals surface area contributed by atoms with Crippen LogP contribution in [0.1, 0.15) is 25.7 Å². The van der Waals surface area contributed by atoms with Crippen molar-refractivity contribution in [3.8, 4) is 0 Å². The minimum atomic E-state index is -3.57. The van der Waals surface area contributed by atoms with Gasteiger partial charge in [0.25, 0.3) is 10.2 Å². The van der Waals surface area contributed by atoms with Gasteiger partial charge < -0.3 is 9.84 Å². The molecule has 2 fully saturated rings. The molecule has 0 radical (unpaired) electrons. The summed E-state index contributed by atoms with van der Waals surface area (Å²) in [4.78, 5) is 11.1. The van der Waals surface area contributed by atoms with Crippen LogP contribution in [0.4, 0.5) is 0 Å². The molecule has 0 bridgehead atoms. The standard InChI is InChI=1S/C13H24N2O5S/c1-14(9-11-4-7-20-8-5-11)21(18,19)15-6-2-3-12(10-15)13(16)17/h11-12H,2-10H2,1H3,(H,16,17). The van der Waals surface area contributed by atoms with Crippen molar-refractivity contribution in [3.63, 3.8) is 0 Å². The molecule has 1 unspecified atom stereocenters. The fourth-order valence-electron chi connectivity index (χ4n) is 2.94. The second kappa shape index (κ2) is 7.04. The number of hydrogen-bond donors (Lipinski definition) is 1. The summed E-state index contributed by atoms with van der Waals surface area (Å²) in [6.45, 7) is 2.33. The Morgan fingerprint density at radius 2 is 2.00 bits per heavy atom. The van der Waals surface area contributed by atoms with Crippen molar-refractivity contribution in [3.05, 3.63) is 0 Å². The van der Waals surface area contributed by atoms with Gasteiger partial charge in [0.1, 0.15) is 0 Å². The second-order valence-corrected chi connectivity index (χ2v) is 7.91. The summed E-state index contributed by atoms with van der Waals surface area (Å²) < 4.78 is 33.1. The SMILES string of the molecule is CN(CC1CCOCC1)S(=O)(=O)N1CCCC(C(=O)O)C1. The summed E-state index contributed by atoms with van der Waals surface area (Å²) in [5.74, 6) is -1.19. The van der Waals surface area contributed by atoms with Gasteiger partial charge in [-0.05, 0) is 31.6 Å². The molecule has 21 heavy (non-hydrogen) atoms. The Bertz CT molecular complexity index is 461. The molecule has 1 atom stereocenters. The van der Waals surface area contributed by atoms with Gasteiger partial charge in [-0.2, -0.15) is 17.0 Å². The highest BCUT2D eigenvalue weighted by Gasteiger charge is 2.35. The lowest BCUT2D eigenvalue weighted by Crippen LogP contribution is -2.49. The molecule has 0 aromatic heterocycles. The lowest BCUT2D eigenvalue weighted by molar-refractivity contribution is -0.142. The molecule has 2 saturated heterocycles. The van der Waals surface area contributed by atoms with Gasteiger partial charge in [0.2, 0.25) is 0 Å². The van der Waals surface area contributed by atoms with Crippen molar-refractivity contribution in [1.82, 2.24) is 8.61 Å². The van der Waals surface area contributed by atoms with Crippen molar-refractivity contribution in [2.45, 2.75) is 25.7 Å². The highest BCUT2D eigenvalue weighted by molar-refractivity contribution is 7.86. The molecule has 0 spiro atoms. The topological polar surface area (TPSA) is 87.2 Å². The van der Waals surface area contributed by atoms with Crippen LogP contribution in [0, 0.1) is 11.8 Å². The van der Waals surface area contributed by atoms with Gasteiger partial charge in [-0.3, -0.25) is 4.79 Å². The van der Waals surface area contributed by atoms with Crippen LogP contribution < -0.4 is 0 Å². The first-order valence-corrected chi connectivity index (χ1v) is 8.83. The van der Waals surface area contributed by atoms with E-state index in [1.807, 2.05) is 0 Å². The Hall–Kier alpha value is -0.700. The van der Waals surface area contributed by atoms with E-state index < -0.39 is 22.1 Å². The maximum absolute atomic E-state index is 12.6. The highest BCUT2D eigenvalue weighted by Crippen LogP contribution is 2.23. The number of nitrogens with zero attached hydrogens (tertiary/aromatic N) is 2. The van der Waals surface area contributed by atoms with Gasteiger partial charge in [0.15, 0.2) is 0 Å². The van der Waals surface area contributed by atoms with Crippen molar-refractivity contribution in [2.24, 2.45) is 11.8 Å². The lowest BCUT2D eigenvalue weighted by Gasteiger charge is -2.34. The predicted octanol–water partition coefficient (Wildman–Crippen LogP) is 0.386. The van der Waals surface area contributed by atoms with E-state index in [0.717, 1.165) is 12.8 Å². The molecule has 2 rings (SSSR count). The Morgan fingerprint density at radius 1 is 1.33 bits per heavy atom. The number of rotatable bonds is 5. The Kier molecular flexibility index (Phi) is 5.59. The normalized spacial score (nSPS) is 26.1. The highest BCUT2D eigenvalue weighted by atomic mass is 32.2. The quantitative estimate of drug-likeness (QED) is 0.791. The fourth-order valence-corrected chi connectivity index (χ4v) is 4.46. The van der Waals surface area contributed by atoms with Crippen LogP contribution in [0.3, 0.4) is 0 Å². The first-order valence-electron chi connectivity index (χ1n) is 7.43. The number of aliphatic carboxylic acids is 1. The van der Waals surface area contributed by atoms with Crippen LogP contribution in [-0.4, -0.2) is 68.0 Å². The minimum Gasteiger partial charge on any atom is -0.481 e. The van der Waals surface area contributed by atoms with Crippen LogP contribution >= 0.6 is 0 Å². The third-order valence-corrected chi connectivity index (χ3v) is 6.23. The number of piperidine rings is 1. The fraction of sp³-hybridized carbons (Fsp3) is 0.923.